The second-order valence-electron chi connectivity index (χ2n) is 4.55. The van der Waals surface area contributed by atoms with Gasteiger partial charge in [0.05, 0.1) is 6.10 Å². The van der Waals surface area contributed by atoms with Crippen LogP contribution in [0.2, 0.25) is 0 Å². The molecule has 0 bridgehead atoms. The van der Waals surface area contributed by atoms with Gasteiger partial charge in [-0.2, -0.15) is 0 Å². The van der Waals surface area contributed by atoms with Gasteiger partial charge in [-0.1, -0.05) is 19.3 Å². The van der Waals surface area contributed by atoms with Gasteiger partial charge in [-0.15, -0.1) is 0 Å². The Morgan fingerprint density at radius 3 is 2.12 bits per heavy atom. The van der Waals surface area contributed by atoms with E-state index in [9.17, 15) is 13.9 Å². The molecule has 1 saturated carbocycles. The monoisotopic (exact) mass is 226 g/mol. The largest absolute Gasteiger partial charge is 0.388 e. The fraction of sp³-hybridized carbons (Fsp3) is 0.538. The van der Waals surface area contributed by atoms with Crippen LogP contribution in [-0.2, 0) is 0 Å². The second-order valence-corrected chi connectivity index (χ2v) is 4.55. The van der Waals surface area contributed by atoms with Crippen LogP contribution in [0.4, 0.5) is 8.78 Å². The van der Waals surface area contributed by atoms with Gasteiger partial charge in [0.2, 0.25) is 0 Å². The lowest BCUT2D eigenvalue weighted by atomic mass is 9.83. The molecule has 1 aromatic rings. The van der Waals surface area contributed by atoms with E-state index in [1.165, 1.54) is 18.6 Å². The molecule has 0 aliphatic heterocycles. The Morgan fingerprint density at radius 2 is 1.56 bits per heavy atom. The third kappa shape index (κ3) is 2.59. The van der Waals surface area contributed by atoms with E-state index in [2.05, 4.69) is 0 Å². The number of benzene rings is 1. The molecule has 3 heteroatoms. The molecule has 0 saturated heterocycles. The first kappa shape index (κ1) is 11.5. The lowest BCUT2D eigenvalue weighted by Crippen LogP contribution is -2.16. The van der Waals surface area contributed by atoms with Gasteiger partial charge in [0.15, 0.2) is 0 Å². The third-order valence-electron chi connectivity index (χ3n) is 3.32. The molecule has 1 atom stereocenters. The lowest BCUT2D eigenvalue weighted by Gasteiger charge is -2.26. The molecule has 1 fully saturated rings. The highest BCUT2D eigenvalue weighted by atomic mass is 19.1. The Hall–Kier alpha value is -0.960. The van der Waals surface area contributed by atoms with Crippen molar-refractivity contribution in [1.82, 2.24) is 0 Å². The predicted molar refractivity (Wildman–Crippen MR) is 57.9 cm³/mol. The summed E-state index contributed by atoms with van der Waals surface area (Å²) in [6.45, 7) is 0. The Kier molecular flexibility index (Phi) is 3.54. The molecule has 1 aliphatic carbocycles. The van der Waals surface area contributed by atoms with Crippen molar-refractivity contribution in [3.05, 3.63) is 35.4 Å². The van der Waals surface area contributed by atoms with E-state index in [4.69, 9.17) is 0 Å². The van der Waals surface area contributed by atoms with Gasteiger partial charge >= 0.3 is 0 Å². The Labute approximate surface area is 94.1 Å². The molecule has 0 amide bonds. The van der Waals surface area contributed by atoms with E-state index < -0.39 is 17.7 Å². The minimum absolute atomic E-state index is 0.148. The van der Waals surface area contributed by atoms with Gasteiger partial charge in [0, 0.05) is 6.07 Å². The van der Waals surface area contributed by atoms with Gasteiger partial charge in [-0.25, -0.2) is 8.78 Å². The number of hydrogen-bond acceptors (Lipinski definition) is 1. The molecule has 1 aromatic carbocycles. The zero-order valence-electron chi connectivity index (χ0n) is 9.13. The summed E-state index contributed by atoms with van der Waals surface area (Å²) in [5, 5.41) is 10.1. The van der Waals surface area contributed by atoms with E-state index >= 15 is 0 Å². The SMILES string of the molecule is OC(c1cc(F)cc(F)c1)C1CCCCC1. The molecular weight excluding hydrogens is 210 g/mol. The first-order chi connectivity index (χ1) is 7.66. The van der Waals surface area contributed by atoms with Crippen LogP contribution >= 0.6 is 0 Å². The minimum atomic E-state index is -0.731. The van der Waals surface area contributed by atoms with Crippen molar-refractivity contribution in [3.8, 4) is 0 Å². The van der Waals surface area contributed by atoms with Crippen molar-refractivity contribution in [3.63, 3.8) is 0 Å². The summed E-state index contributed by atoms with van der Waals surface area (Å²) in [7, 11) is 0. The summed E-state index contributed by atoms with van der Waals surface area (Å²) in [5.41, 5.74) is 0.365. The fourth-order valence-electron chi connectivity index (χ4n) is 2.47. The van der Waals surface area contributed by atoms with Crippen molar-refractivity contribution in [2.24, 2.45) is 5.92 Å². The van der Waals surface area contributed by atoms with Crippen molar-refractivity contribution in [2.75, 3.05) is 0 Å². The molecule has 0 spiro atoms. The second kappa shape index (κ2) is 4.91. The van der Waals surface area contributed by atoms with E-state index in [1.54, 1.807) is 0 Å². The highest BCUT2D eigenvalue weighted by molar-refractivity contribution is 5.20. The number of aliphatic hydroxyl groups is 1. The van der Waals surface area contributed by atoms with Gasteiger partial charge in [-0.3, -0.25) is 0 Å². The molecule has 1 aliphatic rings. The van der Waals surface area contributed by atoms with Gasteiger partial charge in [0.25, 0.3) is 0 Å². The average Bonchev–Trinajstić information content (AvgIpc) is 2.28. The molecule has 0 aromatic heterocycles. The highest BCUT2D eigenvalue weighted by Crippen LogP contribution is 2.34. The van der Waals surface area contributed by atoms with E-state index in [0.717, 1.165) is 31.7 Å². The molecule has 2 rings (SSSR count). The maximum Gasteiger partial charge on any atom is 0.126 e. The molecule has 1 N–H and O–H groups in total. The van der Waals surface area contributed by atoms with Crippen molar-refractivity contribution in [2.45, 2.75) is 38.2 Å². The summed E-state index contributed by atoms with van der Waals surface area (Å²) in [4.78, 5) is 0. The van der Waals surface area contributed by atoms with Crippen LogP contribution in [0.3, 0.4) is 0 Å². The zero-order valence-corrected chi connectivity index (χ0v) is 9.13. The standard InChI is InChI=1S/C13H16F2O/c14-11-6-10(7-12(15)8-11)13(16)9-4-2-1-3-5-9/h6-9,13,16H,1-5H2. The smallest absolute Gasteiger partial charge is 0.126 e. The van der Waals surface area contributed by atoms with Gasteiger partial charge in [0.1, 0.15) is 11.6 Å². The Balaban J connectivity index is 2.15. The topological polar surface area (TPSA) is 20.2 Å². The number of halogens is 2. The average molecular weight is 226 g/mol. The summed E-state index contributed by atoms with van der Waals surface area (Å²) >= 11 is 0. The first-order valence-corrected chi connectivity index (χ1v) is 5.81. The van der Waals surface area contributed by atoms with Crippen LogP contribution in [0.15, 0.2) is 18.2 Å². The molecule has 0 radical (unpaired) electrons. The number of rotatable bonds is 2. The molecule has 1 unspecified atom stereocenters. The third-order valence-corrected chi connectivity index (χ3v) is 3.32. The van der Waals surface area contributed by atoms with E-state index in [1.807, 2.05) is 0 Å². The quantitative estimate of drug-likeness (QED) is 0.817. The summed E-state index contributed by atoms with van der Waals surface area (Å²) < 4.78 is 26.0. The summed E-state index contributed by atoms with van der Waals surface area (Å²) in [5.74, 6) is -1.09. The summed E-state index contributed by atoms with van der Waals surface area (Å²) in [6.07, 6.45) is 4.55. The molecule has 1 nitrogen and oxygen atoms in total. The van der Waals surface area contributed by atoms with Gasteiger partial charge < -0.3 is 5.11 Å². The van der Waals surface area contributed by atoms with Crippen LogP contribution in [0.5, 0.6) is 0 Å². The van der Waals surface area contributed by atoms with Crippen LogP contribution in [0, 0.1) is 17.6 Å². The zero-order chi connectivity index (χ0) is 11.5. The molecule has 16 heavy (non-hydrogen) atoms. The lowest BCUT2D eigenvalue weighted by molar-refractivity contribution is 0.0843. The number of hydrogen-bond donors (Lipinski definition) is 1. The summed E-state index contributed by atoms with van der Waals surface area (Å²) in [6, 6.07) is 3.28. The predicted octanol–water partition coefficient (Wildman–Crippen LogP) is 3.58. The number of aliphatic hydroxyl groups excluding tert-OH is 1. The minimum Gasteiger partial charge on any atom is -0.388 e. The maximum absolute atomic E-state index is 13.0. The van der Waals surface area contributed by atoms with Crippen LogP contribution in [0.1, 0.15) is 43.8 Å². The fourth-order valence-corrected chi connectivity index (χ4v) is 2.47. The Bertz CT molecular complexity index is 339. The van der Waals surface area contributed by atoms with Crippen LogP contribution in [-0.4, -0.2) is 5.11 Å². The molecule has 88 valence electrons. The van der Waals surface area contributed by atoms with E-state index in [0.29, 0.717) is 5.56 Å². The highest BCUT2D eigenvalue weighted by Gasteiger charge is 2.23. The van der Waals surface area contributed by atoms with Gasteiger partial charge in [-0.05, 0) is 36.5 Å². The van der Waals surface area contributed by atoms with E-state index in [-0.39, 0.29) is 5.92 Å². The maximum atomic E-state index is 13.0. The molecular formula is C13H16F2O. The van der Waals surface area contributed by atoms with Crippen molar-refractivity contribution >= 4 is 0 Å². The molecule has 0 heterocycles. The van der Waals surface area contributed by atoms with Crippen molar-refractivity contribution in [1.29, 1.82) is 0 Å². The first-order valence-electron chi connectivity index (χ1n) is 5.81. The van der Waals surface area contributed by atoms with Crippen LogP contribution < -0.4 is 0 Å². The van der Waals surface area contributed by atoms with Crippen molar-refractivity contribution < 1.29 is 13.9 Å². The normalized spacial score (nSPS) is 19.7. The Morgan fingerprint density at radius 1 is 1.00 bits per heavy atom. The van der Waals surface area contributed by atoms with Crippen LogP contribution in [0.25, 0.3) is 0 Å².